The molecule has 1 fully saturated rings. The Balaban J connectivity index is 2.24. The lowest BCUT2D eigenvalue weighted by atomic mass is 10.4. The van der Waals surface area contributed by atoms with Crippen molar-refractivity contribution in [3.8, 4) is 0 Å². The van der Waals surface area contributed by atoms with Gasteiger partial charge in [-0.1, -0.05) is 11.9 Å². The van der Waals surface area contributed by atoms with E-state index < -0.39 is 0 Å². The molecule has 10 heavy (non-hydrogen) atoms. The second-order valence-electron chi connectivity index (χ2n) is 2.86. The topological polar surface area (TPSA) is 29.5 Å². The van der Waals surface area contributed by atoms with Crippen molar-refractivity contribution in [1.82, 2.24) is 0 Å². The third-order valence-electron chi connectivity index (χ3n) is 1.96. The quantitative estimate of drug-likeness (QED) is 0.487. The lowest BCUT2D eigenvalue weighted by Crippen LogP contribution is -2.07. The van der Waals surface area contributed by atoms with Crippen LogP contribution in [-0.4, -0.2) is 22.9 Å². The molecule has 0 radical (unpaired) electrons. The molecule has 1 aliphatic heterocycles. The molecule has 3 nitrogen and oxygen atoms in total. The van der Waals surface area contributed by atoms with E-state index >= 15 is 0 Å². The van der Waals surface area contributed by atoms with E-state index in [0.29, 0.717) is 0 Å². The number of amidine groups is 1. The van der Waals surface area contributed by atoms with E-state index in [1.165, 1.54) is 0 Å². The molecule has 54 valence electrons. The van der Waals surface area contributed by atoms with Gasteiger partial charge in [0.25, 0.3) is 5.84 Å². The fraction of sp³-hybridized carbons (Fsp3) is 0.714. The van der Waals surface area contributed by atoms with E-state index in [1.807, 2.05) is 0 Å². The van der Waals surface area contributed by atoms with Gasteiger partial charge in [-0.2, -0.15) is 0 Å². The van der Waals surface area contributed by atoms with E-state index in [4.69, 9.17) is 0 Å². The first-order valence-electron chi connectivity index (χ1n) is 3.68. The second-order valence-corrected chi connectivity index (χ2v) is 2.86. The Bertz CT molecular complexity index is 213. The molecule has 1 saturated carbocycles. The minimum Gasteiger partial charge on any atom is -0.476 e. The molecule has 0 saturated heterocycles. The third kappa shape index (κ3) is 0.664. The van der Waals surface area contributed by atoms with Crippen molar-refractivity contribution >= 4 is 12.6 Å². The van der Waals surface area contributed by atoms with Crippen LogP contribution in [-0.2, 0) is 0 Å². The Kier molecular flexibility index (Phi) is 0.938. The maximum absolute atomic E-state index is 4.44. The van der Waals surface area contributed by atoms with Crippen LogP contribution in [0.4, 0.5) is 0 Å². The molecule has 2 rings (SSSR count). The predicted molar refractivity (Wildman–Crippen MR) is 40.4 cm³/mol. The largest absolute Gasteiger partial charge is 0.476 e. The fourth-order valence-electron chi connectivity index (χ4n) is 1.19. The average Bonchev–Trinajstić information content (AvgIpc) is 2.55. The summed E-state index contributed by atoms with van der Waals surface area (Å²) in [6.45, 7) is 5.84. The Morgan fingerprint density at radius 3 is 2.80 bits per heavy atom. The van der Waals surface area contributed by atoms with Gasteiger partial charge in [-0.05, 0) is 12.8 Å². The van der Waals surface area contributed by atoms with Crippen LogP contribution in [0.1, 0.15) is 26.2 Å². The van der Waals surface area contributed by atoms with Crippen molar-refractivity contribution in [2.24, 2.45) is 4.99 Å². The molecule has 0 bridgehead atoms. The molecule has 0 aromatic rings. The van der Waals surface area contributed by atoms with Gasteiger partial charge in [0, 0.05) is 13.1 Å². The fourth-order valence-corrected chi connectivity index (χ4v) is 1.19. The Hall–Kier alpha value is -0.860. The number of nitrogens with zero attached hydrogens (tertiary/aromatic N) is 3. The van der Waals surface area contributed by atoms with Crippen LogP contribution in [0.3, 0.4) is 0 Å². The molecule has 1 spiro atoms. The molecular formula is C7H11N3. The van der Waals surface area contributed by atoms with E-state index in [9.17, 15) is 0 Å². The summed E-state index contributed by atoms with van der Waals surface area (Å²) in [5.74, 6) is 1.03. The van der Waals surface area contributed by atoms with E-state index in [0.717, 1.165) is 25.1 Å². The van der Waals surface area contributed by atoms with E-state index in [2.05, 4.69) is 24.1 Å². The summed E-state index contributed by atoms with van der Waals surface area (Å²) in [4.78, 5) is 4.44. The Morgan fingerprint density at radius 1 is 1.80 bits per heavy atom. The highest BCUT2D eigenvalue weighted by atomic mass is 15.6. The minimum absolute atomic E-state index is 0.0346. The van der Waals surface area contributed by atoms with Crippen LogP contribution in [0.25, 0.3) is 5.43 Å². The smallest absolute Gasteiger partial charge is 0.281 e. The molecule has 0 aromatic heterocycles. The third-order valence-corrected chi connectivity index (χ3v) is 1.96. The molecule has 0 aromatic carbocycles. The zero-order valence-electron chi connectivity index (χ0n) is 6.17. The van der Waals surface area contributed by atoms with Crippen molar-refractivity contribution in [3.63, 3.8) is 0 Å². The lowest BCUT2D eigenvalue weighted by Gasteiger charge is -2.12. The number of hydrogen-bond donors (Lipinski definition) is 0. The van der Waals surface area contributed by atoms with Gasteiger partial charge in [0.2, 0.25) is 0 Å². The maximum atomic E-state index is 4.44. The van der Waals surface area contributed by atoms with Crippen LogP contribution in [0.2, 0.25) is 0 Å². The highest BCUT2D eigenvalue weighted by Gasteiger charge is 2.45. The molecule has 3 heteroatoms. The normalized spacial score (nSPS) is 26.5. The van der Waals surface area contributed by atoms with Crippen molar-refractivity contribution in [3.05, 3.63) is 5.43 Å². The minimum atomic E-state index is -0.0346. The number of rotatable bonds is 1. The zero-order chi connectivity index (χ0) is 7.19. The van der Waals surface area contributed by atoms with Crippen molar-refractivity contribution < 1.29 is 4.68 Å². The van der Waals surface area contributed by atoms with Crippen molar-refractivity contribution in [1.29, 1.82) is 0 Å². The number of hydrogen-bond acceptors (Lipinski definition) is 1. The maximum Gasteiger partial charge on any atom is 0.281 e. The zero-order valence-corrected chi connectivity index (χ0v) is 6.17. The van der Waals surface area contributed by atoms with E-state index in [1.54, 1.807) is 4.68 Å². The molecule has 2 aliphatic rings. The van der Waals surface area contributed by atoms with Crippen molar-refractivity contribution in [2.45, 2.75) is 31.8 Å². The van der Waals surface area contributed by atoms with Gasteiger partial charge in [-0.15, -0.1) is 0 Å². The van der Waals surface area contributed by atoms with Crippen LogP contribution in [0, 0.1) is 0 Å². The molecule has 0 amide bonds. The van der Waals surface area contributed by atoms with Crippen LogP contribution in [0.15, 0.2) is 4.99 Å². The monoisotopic (exact) mass is 137 g/mol. The van der Waals surface area contributed by atoms with Gasteiger partial charge in [0.05, 0.1) is 0 Å². The van der Waals surface area contributed by atoms with Crippen LogP contribution in [0.5, 0.6) is 0 Å². The predicted octanol–water partition coefficient (Wildman–Crippen LogP) is 1.30. The Labute approximate surface area is 60.4 Å². The van der Waals surface area contributed by atoms with E-state index in [-0.39, 0.29) is 5.66 Å². The SMILES string of the molecule is C=[N+]1[N-]C2(CC2)N=C1CC. The first kappa shape index (κ1) is 5.89. The molecule has 0 N–H and O–H groups in total. The van der Waals surface area contributed by atoms with Gasteiger partial charge < -0.3 is 5.43 Å². The second kappa shape index (κ2) is 1.59. The first-order valence-corrected chi connectivity index (χ1v) is 3.68. The summed E-state index contributed by atoms with van der Waals surface area (Å²) >= 11 is 0. The number of aliphatic imine (C=N–C) groups is 1. The summed E-state index contributed by atoms with van der Waals surface area (Å²) in [6.07, 6.45) is 3.17. The molecular weight excluding hydrogens is 126 g/mol. The summed E-state index contributed by atoms with van der Waals surface area (Å²) in [5.41, 5.74) is 4.27. The standard InChI is InChI=1S/C7H11N3/c1-3-6-8-7(4-5-7)9-10(6)2/h2-5H2,1H3. The summed E-state index contributed by atoms with van der Waals surface area (Å²) < 4.78 is 1.67. The van der Waals surface area contributed by atoms with Gasteiger partial charge in [0.1, 0.15) is 5.66 Å². The van der Waals surface area contributed by atoms with Gasteiger partial charge >= 0.3 is 0 Å². The molecule has 1 aliphatic carbocycles. The lowest BCUT2D eigenvalue weighted by molar-refractivity contribution is -0.338. The first-order chi connectivity index (χ1) is 4.76. The summed E-state index contributed by atoms with van der Waals surface area (Å²) in [5, 5.41) is 0. The highest BCUT2D eigenvalue weighted by molar-refractivity contribution is 5.78. The van der Waals surface area contributed by atoms with Gasteiger partial charge in [-0.3, -0.25) is 4.68 Å². The highest BCUT2D eigenvalue weighted by Crippen LogP contribution is 2.47. The van der Waals surface area contributed by atoms with Gasteiger partial charge in [-0.25, -0.2) is 0 Å². The molecule has 1 heterocycles. The molecule has 0 atom stereocenters. The Morgan fingerprint density at radius 2 is 2.50 bits per heavy atom. The summed E-state index contributed by atoms with van der Waals surface area (Å²) in [6, 6.07) is 0. The molecule has 0 unspecified atom stereocenters. The average molecular weight is 137 g/mol. The summed E-state index contributed by atoms with van der Waals surface area (Å²) in [7, 11) is 0. The van der Waals surface area contributed by atoms with Gasteiger partial charge in [0.15, 0.2) is 0 Å². The van der Waals surface area contributed by atoms with Crippen LogP contribution >= 0.6 is 0 Å². The van der Waals surface area contributed by atoms with Crippen molar-refractivity contribution in [2.75, 3.05) is 0 Å². The van der Waals surface area contributed by atoms with Crippen LogP contribution < -0.4 is 0 Å².